The largest absolute Gasteiger partial charge is 0.0622 e. The number of hydrogen-bond donors (Lipinski definition) is 0. The van der Waals surface area contributed by atoms with Crippen molar-refractivity contribution in [2.45, 2.75) is 0 Å². The van der Waals surface area contributed by atoms with Gasteiger partial charge in [0.15, 0.2) is 0 Å². The molecular formula is C54H42. The third-order valence-electron chi connectivity index (χ3n) is 9.22. The summed E-state index contributed by atoms with van der Waals surface area (Å²) in [5.41, 5.74) is 14.3. The van der Waals surface area contributed by atoms with E-state index in [0.29, 0.717) is 0 Å². The highest BCUT2D eigenvalue weighted by atomic mass is 14.1. The Morgan fingerprint density at radius 2 is 0.444 bits per heavy atom. The topological polar surface area (TPSA) is 0 Å². The standard InChI is InChI=1S/C54H42/c1-3-19-43(20-4-1)23-7-9-25-47-27-11-15-31-51(47)53-33-17-13-29-49(53)41-39-45-35-37-46(38-36-45)40-42-50-30-14-18-34-54(50)52-32-16-12-28-48(52)26-10-8-24-44-21-5-2-6-22-44/h1-42H/b23-7+,24-8+,25-9+,26-10+,41-39+,42-40+. The van der Waals surface area contributed by atoms with E-state index in [4.69, 9.17) is 0 Å². The maximum atomic E-state index is 2.22. The maximum Gasteiger partial charge on any atom is -0.0105 e. The Morgan fingerprint density at radius 3 is 0.796 bits per heavy atom. The van der Waals surface area contributed by atoms with Gasteiger partial charge in [-0.05, 0) is 66.8 Å². The van der Waals surface area contributed by atoms with Crippen LogP contribution in [0.25, 0.3) is 70.9 Å². The Balaban J connectivity index is 1.05. The van der Waals surface area contributed by atoms with E-state index in [2.05, 4.69) is 243 Å². The van der Waals surface area contributed by atoms with Crippen LogP contribution in [0.1, 0.15) is 44.5 Å². The van der Waals surface area contributed by atoms with E-state index >= 15 is 0 Å². The predicted octanol–water partition coefficient (Wildman–Crippen LogP) is 14.8. The Morgan fingerprint density at radius 1 is 0.185 bits per heavy atom. The van der Waals surface area contributed by atoms with Crippen molar-refractivity contribution in [2.24, 2.45) is 0 Å². The molecule has 7 rings (SSSR count). The van der Waals surface area contributed by atoms with E-state index < -0.39 is 0 Å². The third-order valence-corrected chi connectivity index (χ3v) is 9.22. The van der Waals surface area contributed by atoms with E-state index in [1.165, 1.54) is 55.6 Å². The van der Waals surface area contributed by atoms with Crippen LogP contribution in [0.2, 0.25) is 0 Å². The van der Waals surface area contributed by atoms with Crippen molar-refractivity contribution in [3.8, 4) is 22.3 Å². The molecule has 0 radical (unpaired) electrons. The monoisotopic (exact) mass is 690 g/mol. The first-order valence-electron chi connectivity index (χ1n) is 18.4. The van der Waals surface area contributed by atoms with Crippen LogP contribution in [0.5, 0.6) is 0 Å². The summed E-state index contributed by atoms with van der Waals surface area (Å²) in [5, 5.41) is 0. The van der Waals surface area contributed by atoms with Gasteiger partial charge in [0.2, 0.25) is 0 Å². The molecule has 0 heterocycles. The summed E-state index contributed by atoms with van der Waals surface area (Å²) >= 11 is 0. The lowest BCUT2D eigenvalue weighted by Crippen LogP contribution is -1.87. The molecule has 0 amide bonds. The van der Waals surface area contributed by atoms with Gasteiger partial charge >= 0.3 is 0 Å². The molecule has 0 aliphatic heterocycles. The Labute approximate surface area is 320 Å². The maximum absolute atomic E-state index is 2.22. The zero-order valence-corrected chi connectivity index (χ0v) is 30.2. The minimum atomic E-state index is 1.16. The number of benzene rings is 7. The van der Waals surface area contributed by atoms with Gasteiger partial charge in [0.25, 0.3) is 0 Å². The lowest BCUT2D eigenvalue weighted by Gasteiger charge is -2.10. The number of allylic oxidation sites excluding steroid dienone is 4. The van der Waals surface area contributed by atoms with Crippen molar-refractivity contribution >= 4 is 48.6 Å². The van der Waals surface area contributed by atoms with Crippen molar-refractivity contribution in [3.63, 3.8) is 0 Å². The Hall–Kier alpha value is -7.02. The molecule has 0 saturated carbocycles. The summed E-state index contributed by atoms with van der Waals surface area (Å²) in [7, 11) is 0. The minimum Gasteiger partial charge on any atom is -0.0622 e. The molecule has 0 fully saturated rings. The van der Waals surface area contributed by atoms with Crippen molar-refractivity contribution in [3.05, 3.63) is 251 Å². The molecule has 0 nitrogen and oxygen atoms in total. The summed E-state index contributed by atoms with van der Waals surface area (Å²) < 4.78 is 0. The third kappa shape index (κ3) is 9.64. The van der Waals surface area contributed by atoms with E-state index in [0.717, 1.165) is 11.1 Å². The van der Waals surface area contributed by atoms with Gasteiger partial charge in [-0.1, -0.05) is 255 Å². The molecule has 0 aromatic heterocycles. The normalized spacial score (nSPS) is 12.0. The molecule has 7 aromatic rings. The molecule has 0 aliphatic rings. The second-order valence-corrected chi connectivity index (χ2v) is 12.9. The molecule has 0 N–H and O–H groups in total. The fourth-order valence-corrected chi connectivity index (χ4v) is 6.42. The van der Waals surface area contributed by atoms with E-state index in [-0.39, 0.29) is 0 Å². The second kappa shape index (κ2) is 18.5. The lowest BCUT2D eigenvalue weighted by atomic mass is 9.94. The van der Waals surface area contributed by atoms with Crippen LogP contribution >= 0.6 is 0 Å². The molecule has 0 aliphatic carbocycles. The molecule has 0 heteroatoms. The van der Waals surface area contributed by atoms with Gasteiger partial charge in [-0.25, -0.2) is 0 Å². The summed E-state index contributed by atoms with van der Waals surface area (Å²) in [4.78, 5) is 0. The van der Waals surface area contributed by atoms with Crippen molar-refractivity contribution in [2.75, 3.05) is 0 Å². The molecule has 0 atom stereocenters. The van der Waals surface area contributed by atoms with Gasteiger partial charge in [0.05, 0.1) is 0 Å². The first-order valence-corrected chi connectivity index (χ1v) is 18.4. The second-order valence-electron chi connectivity index (χ2n) is 12.9. The quantitative estimate of drug-likeness (QED) is 0.0884. The fraction of sp³-hybridized carbons (Fsp3) is 0. The zero-order valence-electron chi connectivity index (χ0n) is 30.2. The molecule has 0 unspecified atom stereocenters. The zero-order chi connectivity index (χ0) is 36.6. The minimum absolute atomic E-state index is 1.16. The fourth-order valence-electron chi connectivity index (χ4n) is 6.42. The SMILES string of the molecule is C(/C=C/c1ccccc1-c1ccccc1/C=C/c1ccc(/C=C/c2ccccc2-c2ccccc2/C=C/C=C/c2ccccc2)cc1)=C\c1ccccc1. The van der Waals surface area contributed by atoms with Gasteiger partial charge in [-0.2, -0.15) is 0 Å². The lowest BCUT2D eigenvalue weighted by molar-refractivity contribution is 1.56. The molecule has 0 bridgehead atoms. The van der Waals surface area contributed by atoms with Crippen molar-refractivity contribution in [1.29, 1.82) is 0 Å². The first kappa shape index (κ1) is 35.4. The summed E-state index contributed by atoms with van der Waals surface area (Å²) in [6, 6.07) is 63.9. The summed E-state index contributed by atoms with van der Waals surface area (Å²) in [6.07, 6.45) is 25.9. The smallest absolute Gasteiger partial charge is 0.0105 e. The molecule has 0 spiro atoms. The summed E-state index contributed by atoms with van der Waals surface area (Å²) in [5.74, 6) is 0. The Bertz CT molecular complexity index is 2280. The van der Waals surface area contributed by atoms with Gasteiger partial charge in [0, 0.05) is 0 Å². The van der Waals surface area contributed by atoms with Crippen LogP contribution in [0.3, 0.4) is 0 Å². The average molecular weight is 691 g/mol. The summed E-state index contributed by atoms with van der Waals surface area (Å²) in [6.45, 7) is 0. The highest BCUT2D eigenvalue weighted by Crippen LogP contribution is 2.31. The van der Waals surface area contributed by atoms with E-state index in [1.807, 2.05) is 12.1 Å². The Kier molecular flexibility index (Phi) is 12.1. The molecule has 54 heavy (non-hydrogen) atoms. The number of hydrogen-bond acceptors (Lipinski definition) is 0. The first-order chi connectivity index (χ1) is 26.8. The van der Waals surface area contributed by atoms with Gasteiger partial charge in [-0.3, -0.25) is 0 Å². The van der Waals surface area contributed by atoms with E-state index in [9.17, 15) is 0 Å². The van der Waals surface area contributed by atoms with Crippen LogP contribution in [-0.4, -0.2) is 0 Å². The molecular weight excluding hydrogens is 649 g/mol. The van der Waals surface area contributed by atoms with Crippen LogP contribution in [0.4, 0.5) is 0 Å². The van der Waals surface area contributed by atoms with E-state index in [1.54, 1.807) is 0 Å². The highest BCUT2D eigenvalue weighted by molar-refractivity contribution is 5.87. The molecule has 7 aromatic carbocycles. The number of rotatable bonds is 12. The van der Waals surface area contributed by atoms with Gasteiger partial charge in [0.1, 0.15) is 0 Å². The highest BCUT2D eigenvalue weighted by Gasteiger charge is 2.07. The van der Waals surface area contributed by atoms with Crippen LogP contribution in [0, 0.1) is 0 Å². The van der Waals surface area contributed by atoms with Gasteiger partial charge in [-0.15, -0.1) is 0 Å². The van der Waals surface area contributed by atoms with Crippen LogP contribution in [0.15, 0.2) is 206 Å². The van der Waals surface area contributed by atoms with Gasteiger partial charge < -0.3 is 0 Å². The van der Waals surface area contributed by atoms with Crippen molar-refractivity contribution in [1.82, 2.24) is 0 Å². The van der Waals surface area contributed by atoms with Crippen molar-refractivity contribution < 1.29 is 0 Å². The van der Waals surface area contributed by atoms with Crippen LogP contribution in [-0.2, 0) is 0 Å². The molecule has 258 valence electrons. The molecule has 0 saturated heterocycles. The average Bonchev–Trinajstić information content (AvgIpc) is 3.24. The predicted molar refractivity (Wildman–Crippen MR) is 237 cm³/mol. The van der Waals surface area contributed by atoms with Crippen LogP contribution < -0.4 is 0 Å².